The van der Waals surface area contributed by atoms with E-state index in [4.69, 9.17) is 5.26 Å². The highest BCUT2D eigenvalue weighted by Gasteiger charge is 2.12. The van der Waals surface area contributed by atoms with E-state index in [0.29, 0.717) is 11.1 Å². The molecule has 1 aromatic carbocycles. The van der Waals surface area contributed by atoms with E-state index in [1.807, 2.05) is 29.8 Å². The molecule has 0 aliphatic heterocycles. The number of rotatable bonds is 2. The van der Waals surface area contributed by atoms with Crippen LogP contribution in [-0.2, 0) is 7.05 Å². The fourth-order valence-electron chi connectivity index (χ4n) is 2.50. The number of benzene rings is 1. The van der Waals surface area contributed by atoms with E-state index in [1.165, 1.54) is 0 Å². The fourth-order valence-corrected chi connectivity index (χ4v) is 2.50. The first-order valence-corrected chi connectivity index (χ1v) is 6.82. The van der Waals surface area contributed by atoms with Gasteiger partial charge in [0.1, 0.15) is 0 Å². The van der Waals surface area contributed by atoms with Crippen LogP contribution in [-0.4, -0.2) is 22.5 Å². The van der Waals surface area contributed by atoms with Crippen LogP contribution in [0.4, 0.5) is 0 Å². The fraction of sp³-hybridized carbons (Fsp3) is 0.118. The van der Waals surface area contributed by atoms with Gasteiger partial charge in [-0.2, -0.15) is 5.26 Å². The zero-order valence-corrected chi connectivity index (χ0v) is 12.3. The summed E-state index contributed by atoms with van der Waals surface area (Å²) in [6.45, 7) is 0. The Bertz CT molecular complexity index is 918. The third-order valence-electron chi connectivity index (χ3n) is 3.69. The summed E-state index contributed by atoms with van der Waals surface area (Å²) in [7, 11) is 3.52. The Balaban J connectivity index is 2.17. The predicted molar refractivity (Wildman–Crippen MR) is 84.3 cm³/mol. The lowest BCUT2D eigenvalue weighted by Gasteiger charge is -2.06. The third kappa shape index (κ3) is 2.21. The molecule has 3 aromatic rings. The molecule has 0 saturated carbocycles. The number of fused-ring (bicyclic) bond motifs is 1. The lowest BCUT2D eigenvalue weighted by molar-refractivity contribution is 0.0963. The first-order valence-electron chi connectivity index (χ1n) is 6.82. The minimum atomic E-state index is -0.144. The van der Waals surface area contributed by atoms with Crippen LogP contribution in [0.3, 0.4) is 0 Å². The molecule has 22 heavy (non-hydrogen) atoms. The molecule has 5 nitrogen and oxygen atoms in total. The van der Waals surface area contributed by atoms with E-state index < -0.39 is 0 Å². The average molecular weight is 290 g/mol. The quantitative estimate of drug-likeness (QED) is 0.788. The van der Waals surface area contributed by atoms with Gasteiger partial charge in [-0.05, 0) is 30.3 Å². The van der Waals surface area contributed by atoms with Gasteiger partial charge >= 0.3 is 0 Å². The Labute approximate surface area is 127 Å². The van der Waals surface area contributed by atoms with Gasteiger partial charge in [-0.3, -0.25) is 9.78 Å². The normalized spacial score (nSPS) is 10.4. The molecule has 1 N–H and O–H groups in total. The van der Waals surface area contributed by atoms with Gasteiger partial charge in [0.15, 0.2) is 0 Å². The number of amides is 1. The van der Waals surface area contributed by atoms with Crippen LogP contribution in [0.2, 0.25) is 0 Å². The first kappa shape index (κ1) is 13.8. The van der Waals surface area contributed by atoms with Crippen LogP contribution in [0.15, 0.2) is 42.6 Å². The van der Waals surface area contributed by atoms with E-state index in [9.17, 15) is 4.79 Å². The molecule has 0 aliphatic carbocycles. The predicted octanol–water partition coefficient (Wildman–Crippen LogP) is 2.47. The number of nitrogens with one attached hydrogen (secondary N) is 1. The first-order chi connectivity index (χ1) is 10.6. The number of pyridine rings is 1. The van der Waals surface area contributed by atoms with Crippen molar-refractivity contribution < 1.29 is 4.79 Å². The molecule has 0 saturated heterocycles. The number of hydrogen-bond acceptors (Lipinski definition) is 3. The summed E-state index contributed by atoms with van der Waals surface area (Å²) in [4.78, 5) is 16.1. The largest absolute Gasteiger partial charge is 0.355 e. The summed E-state index contributed by atoms with van der Waals surface area (Å²) in [6, 6.07) is 13.2. The van der Waals surface area contributed by atoms with Crippen molar-refractivity contribution in [2.24, 2.45) is 7.05 Å². The van der Waals surface area contributed by atoms with Crippen molar-refractivity contribution in [3.8, 4) is 17.5 Å². The molecular formula is C17H14N4O. The Hall–Kier alpha value is -3.13. The maximum absolute atomic E-state index is 11.8. The molecule has 2 aromatic heterocycles. The molecule has 108 valence electrons. The van der Waals surface area contributed by atoms with E-state index in [0.717, 1.165) is 22.3 Å². The summed E-state index contributed by atoms with van der Waals surface area (Å²) in [6.07, 6.45) is 1.62. The highest BCUT2D eigenvalue weighted by atomic mass is 16.1. The van der Waals surface area contributed by atoms with Gasteiger partial charge in [0.05, 0.1) is 23.0 Å². The summed E-state index contributed by atoms with van der Waals surface area (Å²) >= 11 is 0. The van der Waals surface area contributed by atoms with Gasteiger partial charge in [-0.1, -0.05) is 6.07 Å². The molecular weight excluding hydrogens is 276 g/mol. The second kappa shape index (κ2) is 5.34. The SMILES string of the molecule is CNC(=O)c1ccnc(-c2cc3ccc(C#N)cc3n2C)c1. The number of nitrogens with zero attached hydrogens (tertiary/aromatic N) is 3. The summed E-state index contributed by atoms with van der Waals surface area (Å²) < 4.78 is 1.98. The Morgan fingerprint density at radius 3 is 2.82 bits per heavy atom. The highest BCUT2D eigenvalue weighted by Crippen LogP contribution is 2.27. The number of aromatic nitrogens is 2. The molecule has 0 atom stereocenters. The van der Waals surface area contributed by atoms with Crippen LogP contribution in [0.5, 0.6) is 0 Å². The Morgan fingerprint density at radius 2 is 2.09 bits per heavy atom. The molecule has 5 heteroatoms. The third-order valence-corrected chi connectivity index (χ3v) is 3.69. The maximum Gasteiger partial charge on any atom is 0.251 e. The van der Waals surface area contributed by atoms with Crippen LogP contribution in [0, 0.1) is 11.3 Å². The zero-order valence-electron chi connectivity index (χ0n) is 12.3. The molecule has 0 fully saturated rings. The van der Waals surface area contributed by atoms with Gasteiger partial charge in [0.25, 0.3) is 5.91 Å². The summed E-state index contributed by atoms with van der Waals surface area (Å²) in [5.74, 6) is -0.144. The van der Waals surface area contributed by atoms with E-state index in [2.05, 4.69) is 16.4 Å². The van der Waals surface area contributed by atoms with E-state index in [-0.39, 0.29) is 5.91 Å². The summed E-state index contributed by atoms with van der Waals surface area (Å²) in [5.41, 5.74) is 3.76. The molecule has 1 amide bonds. The molecule has 0 unspecified atom stereocenters. The number of carbonyl (C=O) groups is 1. The van der Waals surface area contributed by atoms with Crippen molar-refractivity contribution >= 4 is 16.8 Å². The standard InChI is InChI=1S/C17H14N4O/c1-19-17(22)13-5-6-20-14(8-13)16-9-12-4-3-11(10-18)7-15(12)21(16)2/h3-9H,1-2H3,(H,19,22). The van der Waals surface area contributed by atoms with Crippen molar-refractivity contribution in [3.63, 3.8) is 0 Å². The zero-order chi connectivity index (χ0) is 15.7. The minimum Gasteiger partial charge on any atom is -0.355 e. The van der Waals surface area contributed by atoms with Crippen molar-refractivity contribution in [2.75, 3.05) is 7.05 Å². The molecule has 0 aliphatic rings. The number of aryl methyl sites for hydroxylation is 1. The second-order valence-electron chi connectivity index (χ2n) is 4.98. The minimum absolute atomic E-state index is 0.144. The van der Waals surface area contributed by atoms with Gasteiger partial charge in [-0.15, -0.1) is 0 Å². The van der Waals surface area contributed by atoms with Crippen LogP contribution >= 0.6 is 0 Å². The van der Waals surface area contributed by atoms with Crippen LogP contribution in [0.1, 0.15) is 15.9 Å². The van der Waals surface area contributed by atoms with Gasteiger partial charge in [0.2, 0.25) is 0 Å². The van der Waals surface area contributed by atoms with Crippen LogP contribution in [0.25, 0.3) is 22.3 Å². The number of hydrogen-bond donors (Lipinski definition) is 1. The Morgan fingerprint density at radius 1 is 1.27 bits per heavy atom. The highest BCUT2D eigenvalue weighted by molar-refractivity contribution is 5.95. The summed E-state index contributed by atoms with van der Waals surface area (Å²) in [5, 5.41) is 12.7. The van der Waals surface area contributed by atoms with Gasteiger partial charge in [-0.25, -0.2) is 0 Å². The molecule has 0 spiro atoms. The van der Waals surface area contributed by atoms with E-state index in [1.54, 1.807) is 31.4 Å². The molecule has 3 rings (SSSR count). The number of carbonyl (C=O) groups excluding carboxylic acids is 1. The molecule has 0 bridgehead atoms. The topological polar surface area (TPSA) is 70.7 Å². The van der Waals surface area contributed by atoms with Crippen molar-refractivity contribution in [2.45, 2.75) is 0 Å². The van der Waals surface area contributed by atoms with Gasteiger partial charge < -0.3 is 9.88 Å². The van der Waals surface area contributed by atoms with Crippen molar-refractivity contribution in [1.82, 2.24) is 14.9 Å². The Kier molecular flexibility index (Phi) is 3.36. The lowest BCUT2D eigenvalue weighted by atomic mass is 10.1. The lowest BCUT2D eigenvalue weighted by Crippen LogP contribution is -2.17. The van der Waals surface area contributed by atoms with Crippen LogP contribution < -0.4 is 5.32 Å². The maximum atomic E-state index is 11.8. The number of nitriles is 1. The monoisotopic (exact) mass is 290 g/mol. The average Bonchev–Trinajstić information content (AvgIpc) is 2.90. The second-order valence-corrected chi connectivity index (χ2v) is 4.98. The molecule has 0 radical (unpaired) electrons. The van der Waals surface area contributed by atoms with Gasteiger partial charge in [0, 0.05) is 36.8 Å². The van der Waals surface area contributed by atoms with Crippen molar-refractivity contribution in [1.29, 1.82) is 5.26 Å². The van der Waals surface area contributed by atoms with E-state index >= 15 is 0 Å². The van der Waals surface area contributed by atoms with Crippen molar-refractivity contribution in [3.05, 3.63) is 53.7 Å². The molecule has 2 heterocycles. The smallest absolute Gasteiger partial charge is 0.251 e.